The number of carbonyl (C=O) groups excluding carboxylic acids is 2. The molecular formula is C29H33FN2O3. The Bertz CT molecular complexity index is 1090. The van der Waals surface area contributed by atoms with Gasteiger partial charge < -0.3 is 15.0 Å². The van der Waals surface area contributed by atoms with Crippen LogP contribution >= 0.6 is 0 Å². The molecule has 6 heteroatoms. The molecule has 3 aromatic carbocycles. The van der Waals surface area contributed by atoms with Crippen LogP contribution in [0.3, 0.4) is 0 Å². The average molecular weight is 477 g/mol. The van der Waals surface area contributed by atoms with Crippen LogP contribution in [0.4, 0.5) is 4.39 Å². The van der Waals surface area contributed by atoms with Gasteiger partial charge in [0, 0.05) is 19.5 Å². The van der Waals surface area contributed by atoms with E-state index < -0.39 is 6.04 Å². The number of nitrogens with one attached hydrogen (secondary N) is 1. The summed E-state index contributed by atoms with van der Waals surface area (Å²) in [6, 6.07) is 22.3. The van der Waals surface area contributed by atoms with Gasteiger partial charge in [-0.25, -0.2) is 4.39 Å². The van der Waals surface area contributed by atoms with Crippen LogP contribution in [-0.2, 0) is 22.6 Å². The molecule has 0 aliphatic carbocycles. The predicted octanol–water partition coefficient (Wildman–Crippen LogP) is 5.07. The van der Waals surface area contributed by atoms with Crippen LogP contribution in [0.5, 0.6) is 5.75 Å². The first kappa shape index (κ1) is 25.9. The molecule has 0 spiro atoms. The molecule has 0 saturated heterocycles. The van der Waals surface area contributed by atoms with Crippen molar-refractivity contribution in [3.05, 3.63) is 101 Å². The number of rotatable bonds is 12. The molecule has 0 radical (unpaired) electrons. The molecule has 0 bridgehead atoms. The molecule has 1 atom stereocenters. The van der Waals surface area contributed by atoms with Crippen molar-refractivity contribution in [2.45, 2.75) is 45.7 Å². The van der Waals surface area contributed by atoms with Crippen molar-refractivity contribution in [2.75, 3.05) is 13.2 Å². The largest absolute Gasteiger partial charge is 0.484 e. The number of unbranched alkanes of at least 4 members (excludes halogenated alkanes) is 1. The fourth-order valence-corrected chi connectivity index (χ4v) is 3.79. The Morgan fingerprint density at radius 2 is 1.66 bits per heavy atom. The lowest BCUT2D eigenvalue weighted by molar-refractivity contribution is -0.142. The third-order valence-electron chi connectivity index (χ3n) is 5.88. The van der Waals surface area contributed by atoms with E-state index in [4.69, 9.17) is 4.74 Å². The van der Waals surface area contributed by atoms with Crippen molar-refractivity contribution in [2.24, 2.45) is 0 Å². The van der Waals surface area contributed by atoms with Crippen molar-refractivity contribution < 1.29 is 18.7 Å². The Morgan fingerprint density at radius 3 is 2.34 bits per heavy atom. The summed E-state index contributed by atoms with van der Waals surface area (Å²) in [5.41, 5.74) is 2.96. The summed E-state index contributed by atoms with van der Waals surface area (Å²) < 4.78 is 18.9. The lowest BCUT2D eigenvalue weighted by Crippen LogP contribution is -2.52. The highest BCUT2D eigenvalue weighted by Crippen LogP contribution is 2.18. The van der Waals surface area contributed by atoms with Crippen LogP contribution in [0.25, 0.3) is 0 Å². The summed E-state index contributed by atoms with van der Waals surface area (Å²) in [6.07, 6.45) is 2.21. The molecule has 184 valence electrons. The first-order valence-electron chi connectivity index (χ1n) is 12.0. The molecule has 5 nitrogen and oxygen atoms in total. The predicted molar refractivity (Wildman–Crippen MR) is 135 cm³/mol. The van der Waals surface area contributed by atoms with Crippen LogP contribution in [-0.4, -0.2) is 35.9 Å². The molecule has 3 aromatic rings. The summed E-state index contributed by atoms with van der Waals surface area (Å²) in [5.74, 6) is -0.491. The van der Waals surface area contributed by atoms with Gasteiger partial charge in [0.05, 0.1) is 0 Å². The highest BCUT2D eigenvalue weighted by molar-refractivity contribution is 5.88. The van der Waals surface area contributed by atoms with Crippen LogP contribution in [0.15, 0.2) is 78.9 Å². The van der Waals surface area contributed by atoms with E-state index in [-0.39, 0.29) is 30.8 Å². The van der Waals surface area contributed by atoms with E-state index in [2.05, 4.69) is 12.2 Å². The lowest BCUT2D eigenvalue weighted by atomic mass is 10.0. The van der Waals surface area contributed by atoms with E-state index in [1.807, 2.05) is 61.5 Å². The molecule has 0 aromatic heterocycles. The van der Waals surface area contributed by atoms with Gasteiger partial charge in [-0.2, -0.15) is 0 Å². The Morgan fingerprint density at radius 1 is 0.971 bits per heavy atom. The van der Waals surface area contributed by atoms with Crippen molar-refractivity contribution in [3.63, 3.8) is 0 Å². The zero-order chi connectivity index (χ0) is 25.0. The minimum atomic E-state index is -0.710. The number of ether oxygens (including phenoxy) is 1. The Balaban J connectivity index is 1.88. The second-order valence-corrected chi connectivity index (χ2v) is 8.54. The van der Waals surface area contributed by atoms with E-state index in [1.165, 1.54) is 24.3 Å². The molecule has 0 aliphatic rings. The quantitative estimate of drug-likeness (QED) is 0.372. The highest BCUT2D eigenvalue weighted by atomic mass is 19.1. The van der Waals surface area contributed by atoms with Crippen LogP contribution in [0.2, 0.25) is 0 Å². The van der Waals surface area contributed by atoms with E-state index in [1.54, 1.807) is 4.90 Å². The summed E-state index contributed by atoms with van der Waals surface area (Å²) >= 11 is 0. The first-order valence-corrected chi connectivity index (χ1v) is 12.0. The molecule has 0 heterocycles. The lowest BCUT2D eigenvalue weighted by Gasteiger charge is -2.32. The van der Waals surface area contributed by atoms with Crippen molar-refractivity contribution in [1.82, 2.24) is 10.2 Å². The Labute approximate surface area is 206 Å². The van der Waals surface area contributed by atoms with E-state index in [0.29, 0.717) is 18.7 Å². The van der Waals surface area contributed by atoms with Crippen molar-refractivity contribution in [1.29, 1.82) is 0 Å². The molecule has 1 N–H and O–H groups in total. The monoisotopic (exact) mass is 476 g/mol. The van der Waals surface area contributed by atoms with E-state index >= 15 is 0 Å². The number of hydrogen-bond donors (Lipinski definition) is 1. The molecule has 35 heavy (non-hydrogen) atoms. The second kappa shape index (κ2) is 13.3. The summed E-state index contributed by atoms with van der Waals surface area (Å²) in [4.78, 5) is 28.5. The third kappa shape index (κ3) is 7.95. The number of carbonyl (C=O) groups is 2. The standard InChI is InChI=1S/C29H33FN2O3/c1-3-4-18-31-29(34)27(19-23-11-6-5-7-12-23)32(20-24-13-9-8-10-22(24)2)28(33)21-35-26-16-14-25(30)15-17-26/h5-17,27H,3-4,18-21H2,1-2H3,(H,31,34). The molecule has 3 rings (SSSR count). The summed E-state index contributed by atoms with van der Waals surface area (Å²) in [6.45, 7) is 4.62. The van der Waals surface area contributed by atoms with E-state index in [0.717, 1.165) is 29.5 Å². The number of nitrogens with zero attached hydrogens (tertiary/aromatic N) is 1. The van der Waals surface area contributed by atoms with Gasteiger partial charge in [-0.15, -0.1) is 0 Å². The maximum atomic E-state index is 13.5. The molecular weight excluding hydrogens is 443 g/mol. The van der Waals surface area contributed by atoms with Gasteiger partial charge in [-0.3, -0.25) is 9.59 Å². The van der Waals surface area contributed by atoms with Gasteiger partial charge in [0.2, 0.25) is 5.91 Å². The minimum Gasteiger partial charge on any atom is -0.484 e. The van der Waals surface area contributed by atoms with Gasteiger partial charge in [-0.1, -0.05) is 67.9 Å². The molecule has 2 amide bonds. The SMILES string of the molecule is CCCCNC(=O)C(Cc1ccccc1)N(Cc1ccccc1C)C(=O)COc1ccc(F)cc1. The third-order valence-corrected chi connectivity index (χ3v) is 5.88. The maximum absolute atomic E-state index is 13.5. The van der Waals surface area contributed by atoms with Gasteiger partial charge in [0.1, 0.15) is 17.6 Å². The number of hydrogen-bond acceptors (Lipinski definition) is 3. The number of amides is 2. The normalized spacial score (nSPS) is 11.5. The second-order valence-electron chi connectivity index (χ2n) is 8.54. The Hall–Kier alpha value is -3.67. The van der Waals surface area contributed by atoms with Gasteiger partial charge in [-0.05, 0) is 54.3 Å². The zero-order valence-electron chi connectivity index (χ0n) is 20.4. The Kier molecular flexibility index (Phi) is 9.84. The van der Waals surface area contributed by atoms with Gasteiger partial charge in [0.25, 0.3) is 5.91 Å². The fourth-order valence-electron chi connectivity index (χ4n) is 3.79. The van der Waals surface area contributed by atoms with Gasteiger partial charge in [0.15, 0.2) is 6.61 Å². The summed E-state index contributed by atoms with van der Waals surface area (Å²) in [7, 11) is 0. The van der Waals surface area contributed by atoms with Gasteiger partial charge >= 0.3 is 0 Å². The molecule has 0 saturated carbocycles. The molecule has 0 fully saturated rings. The smallest absolute Gasteiger partial charge is 0.261 e. The first-order chi connectivity index (χ1) is 17.0. The maximum Gasteiger partial charge on any atom is 0.261 e. The minimum absolute atomic E-state index is 0.189. The zero-order valence-corrected chi connectivity index (χ0v) is 20.4. The molecule has 0 aliphatic heterocycles. The topological polar surface area (TPSA) is 58.6 Å². The number of aryl methyl sites for hydroxylation is 1. The van der Waals surface area contributed by atoms with Crippen molar-refractivity contribution >= 4 is 11.8 Å². The molecule has 1 unspecified atom stereocenters. The number of benzene rings is 3. The van der Waals surface area contributed by atoms with Crippen molar-refractivity contribution in [3.8, 4) is 5.75 Å². The average Bonchev–Trinajstić information content (AvgIpc) is 2.87. The summed E-state index contributed by atoms with van der Waals surface area (Å²) in [5, 5.41) is 3.00. The van der Waals surface area contributed by atoms with Crippen LogP contribution in [0, 0.1) is 12.7 Å². The van der Waals surface area contributed by atoms with E-state index in [9.17, 15) is 14.0 Å². The number of halogens is 1. The highest BCUT2D eigenvalue weighted by Gasteiger charge is 2.30. The fraction of sp³-hybridized carbons (Fsp3) is 0.310. The van der Waals surface area contributed by atoms with Crippen LogP contribution < -0.4 is 10.1 Å². The van der Waals surface area contributed by atoms with Crippen LogP contribution in [0.1, 0.15) is 36.5 Å².